The molecule has 2 aromatic carbocycles. The second-order valence-electron chi connectivity index (χ2n) is 5.01. The molecule has 0 spiro atoms. The number of hydrogen-bond acceptors (Lipinski definition) is 3. The summed E-state index contributed by atoms with van der Waals surface area (Å²) >= 11 is 0. The molecule has 0 bridgehead atoms. The van der Waals surface area contributed by atoms with Crippen LogP contribution in [-0.4, -0.2) is 18.3 Å². The van der Waals surface area contributed by atoms with Crippen molar-refractivity contribution in [1.82, 2.24) is 0 Å². The number of anilines is 1. The molecule has 1 aromatic heterocycles. The number of methoxy groups -OCH3 is 1. The van der Waals surface area contributed by atoms with E-state index in [1.54, 1.807) is 6.26 Å². The molecule has 0 saturated carbocycles. The number of ether oxygens (including phenoxy) is 1. The Balaban J connectivity index is 2.02. The Hall–Kier alpha value is -3.02. The van der Waals surface area contributed by atoms with Crippen LogP contribution in [0.15, 0.2) is 47.1 Å². The molecule has 3 aromatic rings. The summed E-state index contributed by atoms with van der Waals surface area (Å²) in [6.07, 6.45) is 0.737. The van der Waals surface area contributed by atoms with E-state index in [0.717, 1.165) is 16.5 Å². The van der Waals surface area contributed by atoms with Crippen molar-refractivity contribution < 1.29 is 23.4 Å². The molecule has 0 aliphatic rings. The van der Waals surface area contributed by atoms with Crippen LogP contribution in [0.1, 0.15) is 11.1 Å². The van der Waals surface area contributed by atoms with Crippen LogP contribution in [0, 0.1) is 5.82 Å². The molecular formula is C17H14FNO4. The summed E-state index contributed by atoms with van der Waals surface area (Å²) in [5, 5.41) is 11.8. The van der Waals surface area contributed by atoms with E-state index in [9.17, 15) is 9.18 Å². The lowest BCUT2D eigenvalue weighted by atomic mass is 10.0. The zero-order valence-corrected chi connectivity index (χ0v) is 12.3. The van der Waals surface area contributed by atoms with Crippen molar-refractivity contribution in [1.29, 1.82) is 0 Å². The largest absolute Gasteiger partial charge is 0.496 e. The molecule has 118 valence electrons. The maximum atomic E-state index is 13.9. The molecule has 1 amide bonds. The van der Waals surface area contributed by atoms with Gasteiger partial charge in [-0.2, -0.15) is 0 Å². The van der Waals surface area contributed by atoms with Gasteiger partial charge in [-0.05, 0) is 12.1 Å². The monoisotopic (exact) mass is 315 g/mol. The van der Waals surface area contributed by atoms with Crippen LogP contribution in [-0.2, 0) is 6.42 Å². The number of hydrogen-bond donors (Lipinski definition) is 2. The Labute approximate surface area is 131 Å². The van der Waals surface area contributed by atoms with E-state index in [1.807, 2.05) is 29.6 Å². The fourth-order valence-corrected chi connectivity index (χ4v) is 2.51. The van der Waals surface area contributed by atoms with Crippen molar-refractivity contribution in [2.75, 3.05) is 12.4 Å². The summed E-state index contributed by atoms with van der Waals surface area (Å²) < 4.78 is 24.6. The third-order valence-electron chi connectivity index (χ3n) is 3.55. The first-order valence-electron chi connectivity index (χ1n) is 6.90. The summed E-state index contributed by atoms with van der Waals surface area (Å²) in [6, 6.07) is 10.2. The van der Waals surface area contributed by atoms with Gasteiger partial charge in [0.15, 0.2) is 5.82 Å². The van der Waals surface area contributed by atoms with Crippen molar-refractivity contribution in [3.8, 4) is 5.75 Å². The van der Waals surface area contributed by atoms with Crippen LogP contribution in [0.2, 0.25) is 0 Å². The Morgan fingerprint density at radius 2 is 2.09 bits per heavy atom. The van der Waals surface area contributed by atoms with E-state index in [4.69, 9.17) is 14.3 Å². The summed E-state index contributed by atoms with van der Waals surface area (Å²) in [7, 11) is 1.44. The lowest BCUT2D eigenvalue weighted by Crippen LogP contribution is -2.09. The van der Waals surface area contributed by atoms with E-state index in [-0.39, 0.29) is 5.69 Å². The van der Waals surface area contributed by atoms with Crippen LogP contribution in [0.3, 0.4) is 0 Å². The van der Waals surface area contributed by atoms with E-state index in [1.165, 1.54) is 19.2 Å². The zero-order chi connectivity index (χ0) is 16.4. The molecule has 2 N–H and O–H groups in total. The Bertz CT molecular complexity index is 872. The summed E-state index contributed by atoms with van der Waals surface area (Å²) in [4.78, 5) is 10.8. The highest BCUT2D eigenvalue weighted by molar-refractivity contribution is 5.84. The average Bonchev–Trinajstić information content (AvgIpc) is 2.93. The predicted molar refractivity (Wildman–Crippen MR) is 83.6 cm³/mol. The number of amides is 1. The average molecular weight is 315 g/mol. The molecule has 1 heterocycles. The van der Waals surface area contributed by atoms with Gasteiger partial charge in [0.1, 0.15) is 11.3 Å². The Morgan fingerprint density at radius 3 is 2.83 bits per heavy atom. The van der Waals surface area contributed by atoms with Crippen LogP contribution >= 0.6 is 0 Å². The zero-order valence-electron chi connectivity index (χ0n) is 12.3. The molecule has 0 saturated heterocycles. The first-order valence-corrected chi connectivity index (χ1v) is 6.90. The number of benzene rings is 2. The van der Waals surface area contributed by atoms with Crippen LogP contribution in [0.5, 0.6) is 5.75 Å². The summed E-state index contributed by atoms with van der Waals surface area (Å²) in [5.74, 6) is -0.339. The Kier molecular flexibility index (Phi) is 3.89. The molecule has 5 nitrogen and oxygen atoms in total. The van der Waals surface area contributed by atoms with Gasteiger partial charge in [-0.15, -0.1) is 0 Å². The highest BCUT2D eigenvalue weighted by Crippen LogP contribution is 2.31. The highest BCUT2D eigenvalue weighted by Gasteiger charge is 2.15. The van der Waals surface area contributed by atoms with E-state index in [0.29, 0.717) is 17.7 Å². The quantitative estimate of drug-likeness (QED) is 0.754. The SMILES string of the molecule is COc1cc(F)c(NC(=O)O)cc1Cc1coc2ccccc12. The lowest BCUT2D eigenvalue weighted by Gasteiger charge is -2.11. The van der Waals surface area contributed by atoms with Crippen molar-refractivity contribution in [2.45, 2.75) is 6.42 Å². The molecule has 0 aliphatic carbocycles. The second kappa shape index (κ2) is 6.00. The smallest absolute Gasteiger partial charge is 0.409 e. The van der Waals surface area contributed by atoms with Crippen LogP contribution < -0.4 is 10.1 Å². The first kappa shape index (κ1) is 14.9. The van der Waals surface area contributed by atoms with Crippen LogP contribution in [0.25, 0.3) is 11.0 Å². The molecule has 0 aliphatic heterocycles. The minimum atomic E-state index is -1.33. The Morgan fingerprint density at radius 1 is 1.30 bits per heavy atom. The standard InChI is InChI=1S/C17H14FNO4/c1-22-16-8-13(18)14(19-17(20)21)7-10(16)6-11-9-23-15-5-3-2-4-12(11)15/h2-5,7-9,19H,6H2,1H3,(H,20,21). The van der Waals surface area contributed by atoms with E-state index >= 15 is 0 Å². The van der Waals surface area contributed by atoms with Gasteiger partial charge in [0, 0.05) is 29.0 Å². The number of carboxylic acid groups (broad SMARTS) is 1. The van der Waals surface area contributed by atoms with Crippen molar-refractivity contribution in [2.24, 2.45) is 0 Å². The van der Waals surface area contributed by atoms with Crippen molar-refractivity contribution in [3.63, 3.8) is 0 Å². The number of nitrogens with one attached hydrogen (secondary N) is 1. The molecule has 0 radical (unpaired) electrons. The van der Waals surface area contributed by atoms with Gasteiger partial charge < -0.3 is 14.3 Å². The number of halogens is 1. The van der Waals surface area contributed by atoms with E-state index in [2.05, 4.69) is 0 Å². The van der Waals surface area contributed by atoms with Gasteiger partial charge in [0.2, 0.25) is 0 Å². The normalized spacial score (nSPS) is 10.7. The third-order valence-corrected chi connectivity index (χ3v) is 3.55. The number of fused-ring (bicyclic) bond motifs is 1. The lowest BCUT2D eigenvalue weighted by molar-refractivity contribution is 0.209. The van der Waals surface area contributed by atoms with Gasteiger partial charge >= 0.3 is 6.09 Å². The van der Waals surface area contributed by atoms with E-state index < -0.39 is 11.9 Å². The molecule has 23 heavy (non-hydrogen) atoms. The fourth-order valence-electron chi connectivity index (χ4n) is 2.51. The van der Waals surface area contributed by atoms with Gasteiger partial charge in [-0.25, -0.2) is 9.18 Å². The minimum Gasteiger partial charge on any atom is -0.496 e. The maximum absolute atomic E-state index is 13.9. The molecule has 0 unspecified atom stereocenters. The molecule has 0 fully saturated rings. The highest BCUT2D eigenvalue weighted by atomic mass is 19.1. The molecule has 6 heteroatoms. The minimum absolute atomic E-state index is 0.110. The molecule has 3 rings (SSSR count). The van der Waals surface area contributed by atoms with Gasteiger partial charge in [0.25, 0.3) is 0 Å². The second-order valence-corrected chi connectivity index (χ2v) is 5.01. The molecule has 0 atom stereocenters. The van der Waals surface area contributed by atoms with Crippen molar-refractivity contribution >= 4 is 22.7 Å². The van der Waals surface area contributed by atoms with Crippen LogP contribution in [0.4, 0.5) is 14.9 Å². The third kappa shape index (κ3) is 2.96. The number of rotatable bonds is 4. The summed E-state index contributed by atoms with van der Waals surface area (Å²) in [6.45, 7) is 0. The van der Waals surface area contributed by atoms with Crippen molar-refractivity contribution in [3.05, 3.63) is 59.6 Å². The number of carbonyl (C=O) groups is 1. The molecular weight excluding hydrogens is 301 g/mol. The predicted octanol–water partition coefficient (Wildman–Crippen LogP) is 4.26. The fraction of sp³-hybridized carbons (Fsp3) is 0.118. The summed E-state index contributed by atoms with van der Waals surface area (Å²) in [5.41, 5.74) is 2.21. The van der Waals surface area contributed by atoms with Gasteiger partial charge in [-0.3, -0.25) is 5.32 Å². The first-order chi connectivity index (χ1) is 11.1. The van der Waals surface area contributed by atoms with Gasteiger partial charge in [-0.1, -0.05) is 18.2 Å². The topological polar surface area (TPSA) is 71.7 Å². The van der Waals surface area contributed by atoms with Gasteiger partial charge in [0.05, 0.1) is 19.1 Å². The maximum Gasteiger partial charge on any atom is 0.409 e. The number of para-hydroxylation sites is 1. The number of furan rings is 1.